The van der Waals surface area contributed by atoms with Crippen LogP contribution in [0.15, 0.2) is 0 Å². The van der Waals surface area contributed by atoms with Crippen LogP contribution in [0, 0.1) is 0 Å². The quantitative estimate of drug-likeness (QED) is 0.0426. The molecule has 0 saturated heterocycles. The van der Waals surface area contributed by atoms with Gasteiger partial charge in [0.2, 0.25) is 0 Å². The van der Waals surface area contributed by atoms with Crippen LogP contribution in [0.3, 0.4) is 0 Å². The minimum atomic E-state index is 1.37. The molecule has 55 heavy (non-hydrogen) atoms. The van der Waals surface area contributed by atoms with Crippen LogP contribution in [0.1, 0.15) is 323 Å². The fourth-order valence-corrected chi connectivity index (χ4v) is 9.47. The minimum absolute atomic E-state index is 1.37. The first-order valence-electron chi connectivity index (χ1n) is 27.1. The summed E-state index contributed by atoms with van der Waals surface area (Å²) in [4.78, 5) is 0. The molecule has 0 aromatic heterocycles. The average molecular weight is 775 g/mol. The van der Waals surface area contributed by atoms with Crippen molar-refractivity contribution in [3.8, 4) is 0 Å². The maximum Gasteiger partial charge on any atom is 0.0786 e. The standard InChI is InChI=1S/C54H112N/c1-5-9-13-17-21-24-27-30-33-36-40-44-48-52-55(51-47-43-39-20-16-12-8-4,53-49-45-41-37-34-31-28-25-22-18-14-10-6-2)54-50-46-42-38-35-32-29-26-23-19-15-11-7-3/h5-54H2,1-4H3/q+1. The van der Waals surface area contributed by atoms with Gasteiger partial charge in [-0.25, -0.2) is 0 Å². The molecule has 0 aromatic rings. The van der Waals surface area contributed by atoms with Crippen LogP contribution in [-0.4, -0.2) is 30.7 Å². The van der Waals surface area contributed by atoms with Crippen molar-refractivity contribution in [1.29, 1.82) is 0 Å². The lowest BCUT2D eigenvalue weighted by molar-refractivity contribution is -0.929. The van der Waals surface area contributed by atoms with Crippen LogP contribution in [-0.2, 0) is 0 Å². The molecule has 0 bridgehead atoms. The lowest BCUT2D eigenvalue weighted by atomic mass is 10.0. The Bertz CT molecular complexity index is 582. The normalized spacial score (nSPS) is 12.0. The van der Waals surface area contributed by atoms with E-state index in [4.69, 9.17) is 0 Å². The van der Waals surface area contributed by atoms with Crippen molar-refractivity contribution in [3.63, 3.8) is 0 Å². The van der Waals surface area contributed by atoms with Gasteiger partial charge in [-0.05, 0) is 51.4 Å². The van der Waals surface area contributed by atoms with Crippen LogP contribution < -0.4 is 0 Å². The second-order valence-corrected chi connectivity index (χ2v) is 19.1. The molecule has 0 aliphatic carbocycles. The Hall–Kier alpha value is -0.0400. The van der Waals surface area contributed by atoms with Gasteiger partial charge in [-0.2, -0.15) is 0 Å². The van der Waals surface area contributed by atoms with Crippen molar-refractivity contribution in [3.05, 3.63) is 0 Å². The number of hydrogen-bond donors (Lipinski definition) is 0. The zero-order chi connectivity index (χ0) is 39.9. The molecule has 0 saturated carbocycles. The second-order valence-electron chi connectivity index (χ2n) is 19.1. The van der Waals surface area contributed by atoms with E-state index in [1.165, 1.54) is 326 Å². The summed E-state index contributed by atoms with van der Waals surface area (Å²) in [5, 5.41) is 0. The predicted octanol–water partition coefficient (Wildman–Crippen LogP) is 19.8. The van der Waals surface area contributed by atoms with Crippen LogP contribution in [0.4, 0.5) is 0 Å². The topological polar surface area (TPSA) is 0 Å². The van der Waals surface area contributed by atoms with Crippen molar-refractivity contribution in [2.24, 2.45) is 0 Å². The first kappa shape index (κ1) is 55.0. The number of hydrogen-bond acceptors (Lipinski definition) is 0. The smallest absolute Gasteiger partial charge is 0.0786 e. The van der Waals surface area contributed by atoms with Crippen LogP contribution in [0.25, 0.3) is 0 Å². The van der Waals surface area contributed by atoms with Crippen molar-refractivity contribution in [2.75, 3.05) is 26.2 Å². The fraction of sp³-hybridized carbons (Fsp3) is 1.00. The molecule has 0 spiro atoms. The van der Waals surface area contributed by atoms with Gasteiger partial charge in [-0.15, -0.1) is 0 Å². The molecule has 0 unspecified atom stereocenters. The molecule has 0 N–H and O–H groups in total. The first-order valence-corrected chi connectivity index (χ1v) is 27.1. The van der Waals surface area contributed by atoms with Crippen molar-refractivity contribution >= 4 is 0 Å². The highest BCUT2D eigenvalue weighted by Crippen LogP contribution is 2.22. The third kappa shape index (κ3) is 43.4. The lowest BCUT2D eigenvalue weighted by Crippen LogP contribution is -2.50. The van der Waals surface area contributed by atoms with Crippen LogP contribution in [0.2, 0.25) is 0 Å². The Morgan fingerprint density at radius 3 is 0.382 bits per heavy atom. The minimum Gasteiger partial charge on any atom is -0.324 e. The van der Waals surface area contributed by atoms with Gasteiger partial charge >= 0.3 is 0 Å². The first-order chi connectivity index (χ1) is 27.2. The summed E-state index contributed by atoms with van der Waals surface area (Å²) in [6.45, 7) is 15.3. The van der Waals surface area contributed by atoms with Crippen molar-refractivity contribution in [2.45, 2.75) is 323 Å². The molecule has 1 heteroatoms. The molecule has 0 aliphatic heterocycles. The van der Waals surface area contributed by atoms with Crippen LogP contribution in [0.5, 0.6) is 0 Å². The summed E-state index contributed by atoms with van der Waals surface area (Å²) in [5.41, 5.74) is 0. The lowest BCUT2D eigenvalue weighted by Gasteiger charge is -2.40. The molecular weight excluding hydrogens is 663 g/mol. The Balaban J connectivity index is 4.79. The van der Waals surface area contributed by atoms with Crippen molar-refractivity contribution in [1.82, 2.24) is 0 Å². The summed E-state index contributed by atoms with van der Waals surface area (Å²) < 4.78 is 1.49. The Labute approximate surface area is 352 Å². The van der Waals surface area contributed by atoms with Crippen molar-refractivity contribution < 1.29 is 4.48 Å². The highest BCUT2D eigenvalue weighted by molar-refractivity contribution is 4.57. The van der Waals surface area contributed by atoms with Gasteiger partial charge in [0.1, 0.15) is 0 Å². The van der Waals surface area contributed by atoms with Gasteiger partial charge in [0.15, 0.2) is 0 Å². The van der Waals surface area contributed by atoms with Gasteiger partial charge in [0.25, 0.3) is 0 Å². The number of quaternary nitrogens is 1. The summed E-state index contributed by atoms with van der Waals surface area (Å²) >= 11 is 0. The molecule has 0 aromatic carbocycles. The van der Waals surface area contributed by atoms with Gasteiger partial charge in [0.05, 0.1) is 26.2 Å². The van der Waals surface area contributed by atoms with E-state index in [0.29, 0.717) is 0 Å². The molecule has 0 atom stereocenters. The van der Waals surface area contributed by atoms with Gasteiger partial charge < -0.3 is 4.48 Å². The molecule has 0 aliphatic rings. The Morgan fingerprint density at radius 2 is 0.255 bits per heavy atom. The number of nitrogens with zero attached hydrogens (tertiary/aromatic N) is 1. The molecule has 0 heterocycles. The average Bonchev–Trinajstić information content (AvgIpc) is 3.19. The van der Waals surface area contributed by atoms with E-state index >= 15 is 0 Å². The maximum absolute atomic E-state index is 2.36. The SMILES string of the molecule is CCCCCCCCCCCCCCC[N+](CCCCCCCCC)(CCCCCCCCCCCCCCC)CCCCCCCCCCCCCCC. The Morgan fingerprint density at radius 1 is 0.145 bits per heavy atom. The maximum atomic E-state index is 2.36. The number of rotatable bonds is 50. The second kappa shape index (κ2) is 48.3. The van der Waals surface area contributed by atoms with E-state index in [2.05, 4.69) is 27.7 Å². The van der Waals surface area contributed by atoms with E-state index in [1.807, 2.05) is 0 Å². The molecule has 1 nitrogen and oxygen atoms in total. The molecule has 0 radical (unpaired) electrons. The zero-order valence-electron chi connectivity index (χ0n) is 39.8. The van der Waals surface area contributed by atoms with E-state index in [-0.39, 0.29) is 0 Å². The van der Waals surface area contributed by atoms with E-state index in [1.54, 1.807) is 0 Å². The molecule has 0 rings (SSSR count). The fourth-order valence-electron chi connectivity index (χ4n) is 9.47. The van der Waals surface area contributed by atoms with Gasteiger partial charge in [0, 0.05) is 0 Å². The number of unbranched alkanes of at least 4 members (excludes halogenated alkanes) is 42. The van der Waals surface area contributed by atoms with Gasteiger partial charge in [-0.3, -0.25) is 0 Å². The third-order valence-corrected chi connectivity index (χ3v) is 13.4. The zero-order valence-corrected chi connectivity index (χ0v) is 39.8. The summed E-state index contributed by atoms with van der Waals surface area (Å²) in [5.74, 6) is 0. The summed E-state index contributed by atoms with van der Waals surface area (Å²) in [6.07, 6.45) is 67.7. The summed E-state index contributed by atoms with van der Waals surface area (Å²) in [7, 11) is 0. The summed E-state index contributed by atoms with van der Waals surface area (Å²) in [6, 6.07) is 0. The van der Waals surface area contributed by atoms with E-state index in [0.717, 1.165) is 0 Å². The monoisotopic (exact) mass is 775 g/mol. The molecule has 332 valence electrons. The molecule has 0 fully saturated rings. The largest absolute Gasteiger partial charge is 0.324 e. The highest BCUT2D eigenvalue weighted by Gasteiger charge is 2.25. The van der Waals surface area contributed by atoms with Crippen LogP contribution >= 0.6 is 0 Å². The highest BCUT2D eigenvalue weighted by atomic mass is 15.3. The molecular formula is C54H112N+. The van der Waals surface area contributed by atoms with E-state index < -0.39 is 0 Å². The molecule has 0 amide bonds. The third-order valence-electron chi connectivity index (χ3n) is 13.4. The Kier molecular flexibility index (Phi) is 48.3. The van der Waals surface area contributed by atoms with Gasteiger partial charge in [-0.1, -0.05) is 272 Å². The van der Waals surface area contributed by atoms with E-state index in [9.17, 15) is 0 Å². The predicted molar refractivity (Wildman–Crippen MR) is 255 cm³/mol.